The first kappa shape index (κ1) is 21.4. The molecular weight excluding hydrogens is 382 g/mol. The summed E-state index contributed by atoms with van der Waals surface area (Å²) in [6.45, 7) is 6.44. The summed E-state index contributed by atoms with van der Waals surface area (Å²) in [7, 11) is 1.84. The highest BCUT2D eigenvalue weighted by Gasteiger charge is 2.27. The van der Waals surface area contributed by atoms with Crippen molar-refractivity contribution in [3.8, 4) is 0 Å². The summed E-state index contributed by atoms with van der Waals surface area (Å²) in [5, 5.41) is 10.2. The minimum absolute atomic E-state index is 0.0356. The summed E-state index contributed by atoms with van der Waals surface area (Å²) in [6, 6.07) is 7.76. The summed E-state index contributed by atoms with van der Waals surface area (Å²) in [6.07, 6.45) is 4.34. The third kappa shape index (κ3) is 5.59. The van der Waals surface area contributed by atoms with Crippen molar-refractivity contribution in [3.63, 3.8) is 0 Å². The number of nitrogens with one attached hydrogen (secondary N) is 2. The van der Waals surface area contributed by atoms with Gasteiger partial charge in [0.1, 0.15) is 6.54 Å². The molecule has 1 aromatic heterocycles. The SMILES string of the molecule is CCNC(=NCCc1ccc(NC(C)=O)cc1)N1CCN(c2cnn(C)c2)C(=O)C1. The predicted octanol–water partition coefficient (Wildman–Crippen LogP) is 1.24. The molecule has 0 bridgehead atoms. The zero-order valence-corrected chi connectivity index (χ0v) is 17.8. The van der Waals surface area contributed by atoms with Crippen LogP contribution < -0.4 is 15.5 Å². The fraction of sp³-hybridized carbons (Fsp3) is 0.429. The number of amides is 2. The largest absolute Gasteiger partial charge is 0.357 e. The molecule has 1 saturated heterocycles. The fourth-order valence-electron chi connectivity index (χ4n) is 3.35. The highest BCUT2D eigenvalue weighted by Crippen LogP contribution is 2.16. The number of aliphatic imine (C=N–C) groups is 1. The van der Waals surface area contributed by atoms with Crippen LogP contribution in [0.25, 0.3) is 0 Å². The maximum Gasteiger partial charge on any atom is 0.246 e. The van der Waals surface area contributed by atoms with Crippen LogP contribution in [0, 0.1) is 0 Å². The second-order valence-electron chi connectivity index (χ2n) is 7.20. The predicted molar refractivity (Wildman–Crippen MR) is 118 cm³/mol. The summed E-state index contributed by atoms with van der Waals surface area (Å²) in [4.78, 5) is 32.3. The van der Waals surface area contributed by atoms with E-state index in [4.69, 9.17) is 4.99 Å². The third-order valence-corrected chi connectivity index (χ3v) is 4.79. The second-order valence-corrected chi connectivity index (χ2v) is 7.20. The first-order valence-corrected chi connectivity index (χ1v) is 10.1. The van der Waals surface area contributed by atoms with Gasteiger partial charge in [-0.2, -0.15) is 5.10 Å². The molecule has 0 atom stereocenters. The van der Waals surface area contributed by atoms with Gasteiger partial charge in [-0.3, -0.25) is 19.3 Å². The molecule has 0 unspecified atom stereocenters. The molecule has 30 heavy (non-hydrogen) atoms. The topological polar surface area (TPSA) is 94.9 Å². The second kappa shape index (κ2) is 9.91. The number of aryl methyl sites for hydroxylation is 1. The summed E-state index contributed by atoms with van der Waals surface area (Å²) in [5.74, 6) is 0.709. The Kier molecular flexibility index (Phi) is 7.05. The molecule has 160 valence electrons. The Morgan fingerprint density at radius 3 is 2.60 bits per heavy atom. The van der Waals surface area contributed by atoms with Gasteiger partial charge in [0.25, 0.3) is 0 Å². The summed E-state index contributed by atoms with van der Waals surface area (Å²) in [5.41, 5.74) is 2.75. The minimum Gasteiger partial charge on any atom is -0.357 e. The van der Waals surface area contributed by atoms with Crippen molar-refractivity contribution in [2.75, 3.05) is 42.9 Å². The number of piperazine rings is 1. The molecule has 1 aliphatic heterocycles. The van der Waals surface area contributed by atoms with E-state index >= 15 is 0 Å². The van der Waals surface area contributed by atoms with Gasteiger partial charge in [-0.15, -0.1) is 0 Å². The van der Waals surface area contributed by atoms with Gasteiger partial charge in [0.15, 0.2) is 5.96 Å². The third-order valence-electron chi connectivity index (χ3n) is 4.79. The lowest BCUT2D eigenvalue weighted by Gasteiger charge is -2.35. The van der Waals surface area contributed by atoms with Crippen LogP contribution in [-0.2, 0) is 23.1 Å². The minimum atomic E-state index is -0.0826. The van der Waals surface area contributed by atoms with Crippen LogP contribution in [0.15, 0.2) is 41.7 Å². The number of anilines is 2. The molecule has 2 amide bonds. The first-order chi connectivity index (χ1) is 14.5. The van der Waals surface area contributed by atoms with Crippen molar-refractivity contribution < 1.29 is 9.59 Å². The Hall–Kier alpha value is -3.36. The highest BCUT2D eigenvalue weighted by atomic mass is 16.2. The van der Waals surface area contributed by atoms with Crippen LogP contribution in [-0.4, -0.2) is 65.2 Å². The lowest BCUT2D eigenvalue weighted by Crippen LogP contribution is -2.55. The van der Waals surface area contributed by atoms with E-state index in [9.17, 15) is 9.59 Å². The number of nitrogens with zero attached hydrogens (tertiary/aromatic N) is 5. The van der Waals surface area contributed by atoms with Gasteiger partial charge in [0, 0.05) is 52.0 Å². The average molecular weight is 412 g/mol. The zero-order chi connectivity index (χ0) is 21.5. The van der Waals surface area contributed by atoms with E-state index in [1.54, 1.807) is 15.8 Å². The van der Waals surface area contributed by atoms with Crippen molar-refractivity contribution in [2.45, 2.75) is 20.3 Å². The van der Waals surface area contributed by atoms with Gasteiger partial charge in [-0.25, -0.2) is 0 Å². The smallest absolute Gasteiger partial charge is 0.246 e. The molecule has 1 aliphatic rings. The number of hydrogen-bond donors (Lipinski definition) is 2. The van der Waals surface area contributed by atoms with Crippen molar-refractivity contribution >= 4 is 29.1 Å². The molecule has 2 heterocycles. The quantitative estimate of drug-likeness (QED) is 0.551. The number of rotatable bonds is 6. The number of benzene rings is 1. The number of aromatic nitrogens is 2. The highest BCUT2D eigenvalue weighted by molar-refractivity contribution is 5.98. The van der Waals surface area contributed by atoms with Crippen molar-refractivity contribution in [2.24, 2.45) is 12.0 Å². The molecule has 2 N–H and O–H groups in total. The number of carbonyl (C=O) groups excluding carboxylic acids is 2. The molecule has 1 fully saturated rings. The average Bonchev–Trinajstić information content (AvgIpc) is 3.14. The molecule has 3 rings (SSSR count). The van der Waals surface area contributed by atoms with Crippen LogP contribution in [0.5, 0.6) is 0 Å². The molecule has 1 aromatic carbocycles. The van der Waals surface area contributed by atoms with E-state index in [0.717, 1.165) is 35.9 Å². The summed E-state index contributed by atoms with van der Waals surface area (Å²) >= 11 is 0. The number of carbonyl (C=O) groups is 2. The van der Waals surface area contributed by atoms with Crippen molar-refractivity contribution in [1.82, 2.24) is 20.0 Å². The number of guanidine groups is 1. The van der Waals surface area contributed by atoms with E-state index in [2.05, 4.69) is 15.7 Å². The van der Waals surface area contributed by atoms with Gasteiger partial charge >= 0.3 is 0 Å². The van der Waals surface area contributed by atoms with Crippen LogP contribution in [0.3, 0.4) is 0 Å². The van der Waals surface area contributed by atoms with Gasteiger partial charge in [-0.05, 0) is 31.0 Å². The van der Waals surface area contributed by atoms with E-state index < -0.39 is 0 Å². The Morgan fingerprint density at radius 1 is 1.23 bits per heavy atom. The standard InChI is InChI=1S/C21H29N7O2/c1-4-22-21(23-10-9-17-5-7-18(8-6-17)25-16(2)29)27-11-12-28(20(30)15-27)19-13-24-26(3)14-19/h5-8,13-14H,4,9-12,15H2,1-3H3,(H,22,23)(H,25,29). The molecule has 0 saturated carbocycles. The maximum absolute atomic E-state index is 12.7. The Labute approximate surface area is 176 Å². The molecule has 0 spiro atoms. The van der Waals surface area contributed by atoms with E-state index in [0.29, 0.717) is 19.6 Å². The number of hydrogen-bond acceptors (Lipinski definition) is 4. The van der Waals surface area contributed by atoms with Gasteiger partial charge in [0.2, 0.25) is 11.8 Å². The van der Waals surface area contributed by atoms with Gasteiger partial charge in [0.05, 0.1) is 11.9 Å². The van der Waals surface area contributed by atoms with Crippen LogP contribution in [0.4, 0.5) is 11.4 Å². The molecule has 0 aliphatic carbocycles. The van der Waals surface area contributed by atoms with Crippen LogP contribution in [0.1, 0.15) is 19.4 Å². The monoisotopic (exact) mass is 411 g/mol. The van der Waals surface area contributed by atoms with Crippen LogP contribution in [0.2, 0.25) is 0 Å². The Bertz CT molecular complexity index is 904. The van der Waals surface area contributed by atoms with E-state index in [-0.39, 0.29) is 18.4 Å². The molecule has 9 nitrogen and oxygen atoms in total. The van der Waals surface area contributed by atoms with E-state index in [1.165, 1.54) is 6.92 Å². The summed E-state index contributed by atoms with van der Waals surface area (Å²) < 4.78 is 1.70. The molecular formula is C21H29N7O2. The fourth-order valence-corrected chi connectivity index (χ4v) is 3.35. The lowest BCUT2D eigenvalue weighted by atomic mass is 10.1. The van der Waals surface area contributed by atoms with Gasteiger partial charge in [-0.1, -0.05) is 12.1 Å². The molecule has 2 aromatic rings. The van der Waals surface area contributed by atoms with Crippen LogP contribution >= 0.6 is 0 Å². The Morgan fingerprint density at radius 2 is 2.00 bits per heavy atom. The molecule has 9 heteroatoms. The lowest BCUT2D eigenvalue weighted by molar-refractivity contribution is -0.120. The van der Waals surface area contributed by atoms with Crippen molar-refractivity contribution in [3.05, 3.63) is 42.2 Å². The zero-order valence-electron chi connectivity index (χ0n) is 17.8. The van der Waals surface area contributed by atoms with E-state index in [1.807, 2.05) is 49.3 Å². The normalized spacial score (nSPS) is 14.8. The maximum atomic E-state index is 12.7. The van der Waals surface area contributed by atoms with Crippen molar-refractivity contribution in [1.29, 1.82) is 0 Å². The Balaban J connectivity index is 1.58. The molecule has 0 radical (unpaired) electrons. The first-order valence-electron chi connectivity index (χ1n) is 10.1. The van der Waals surface area contributed by atoms with Gasteiger partial charge < -0.3 is 20.4 Å².